The second-order valence-electron chi connectivity index (χ2n) is 4.23. The molecular weight excluding hydrogens is 304 g/mol. The molecule has 7 heteroatoms. The average Bonchev–Trinajstić information content (AvgIpc) is 2.46. The van der Waals surface area contributed by atoms with Crippen molar-refractivity contribution in [1.29, 1.82) is 0 Å². The lowest BCUT2D eigenvalue weighted by Crippen LogP contribution is -2.09. The quantitative estimate of drug-likeness (QED) is 0.617. The maximum Gasteiger partial charge on any atom is 0.417 e. The van der Waals surface area contributed by atoms with Crippen LogP contribution in [0.5, 0.6) is 17.2 Å². The Morgan fingerprint density at radius 2 is 1.82 bits per heavy atom. The van der Waals surface area contributed by atoms with E-state index in [0.717, 1.165) is 18.2 Å². The van der Waals surface area contributed by atoms with Crippen LogP contribution in [0.25, 0.3) is 0 Å². The minimum atomic E-state index is -4.69. The molecule has 0 aromatic heterocycles. The normalized spacial score (nSPS) is 11.1. The largest absolute Gasteiger partial charge is 0.494 e. The summed E-state index contributed by atoms with van der Waals surface area (Å²) in [5.74, 6) is -1.14. The third-order valence-electron chi connectivity index (χ3n) is 2.84. The smallest absolute Gasteiger partial charge is 0.417 e. The molecule has 0 N–H and O–H groups in total. The Bertz CT molecular complexity index is 696. The Morgan fingerprint density at radius 3 is 2.36 bits per heavy atom. The van der Waals surface area contributed by atoms with Gasteiger partial charge in [0, 0.05) is 6.07 Å². The Kier molecular flexibility index (Phi) is 4.35. The second kappa shape index (κ2) is 6.05. The summed E-state index contributed by atoms with van der Waals surface area (Å²) in [5, 5.41) is 0. The summed E-state index contributed by atoms with van der Waals surface area (Å²) in [6.07, 6.45) is -4.64. The molecule has 2 aromatic rings. The molecule has 0 spiro atoms. The standard InChI is InChI=1S/C15H10F4O3/c1-21-14-6-5-9(7-12(14)16)22-13-4-2-3-11(10(13)8-20)15(17,18)19/h2-8H,1H3. The van der Waals surface area contributed by atoms with Crippen LogP contribution < -0.4 is 9.47 Å². The van der Waals surface area contributed by atoms with Gasteiger partial charge in [0.15, 0.2) is 17.9 Å². The number of alkyl halides is 3. The molecule has 0 amide bonds. The highest BCUT2D eigenvalue weighted by Gasteiger charge is 2.34. The van der Waals surface area contributed by atoms with Crippen LogP contribution in [-0.2, 0) is 6.18 Å². The summed E-state index contributed by atoms with van der Waals surface area (Å²) in [6, 6.07) is 6.60. The van der Waals surface area contributed by atoms with Crippen LogP contribution in [0.3, 0.4) is 0 Å². The summed E-state index contributed by atoms with van der Waals surface area (Å²) >= 11 is 0. The molecule has 2 rings (SSSR count). The van der Waals surface area contributed by atoms with E-state index in [2.05, 4.69) is 0 Å². The van der Waals surface area contributed by atoms with Gasteiger partial charge < -0.3 is 9.47 Å². The fourth-order valence-electron chi connectivity index (χ4n) is 1.84. The molecule has 0 saturated carbocycles. The number of carbonyl (C=O) groups excluding carboxylic acids is 1. The van der Waals surface area contributed by atoms with Crippen LogP contribution in [0.2, 0.25) is 0 Å². The van der Waals surface area contributed by atoms with Crippen LogP contribution in [0.1, 0.15) is 15.9 Å². The molecule has 0 heterocycles. The Hall–Kier alpha value is -2.57. The molecule has 0 unspecified atom stereocenters. The zero-order valence-electron chi connectivity index (χ0n) is 11.3. The van der Waals surface area contributed by atoms with Gasteiger partial charge in [0.25, 0.3) is 0 Å². The first-order chi connectivity index (χ1) is 10.4. The topological polar surface area (TPSA) is 35.5 Å². The Balaban J connectivity index is 2.42. The SMILES string of the molecule is COc1ccc(Oc2cccc(C(F)(F)F)c2C=O)cc1F. The Morgan fingerprint density at radius 1 is 1.09 bits per heavy atom. The van der Waals surface area contributed by atoms with E-state index in [-0.39, 0.29) is 23.5 Å². The van der Waals surface area contributed by atoms with Crippen LogP contribution in [-0.4, -0.2) is 13.4 Å². The van der Waals surface area contributed by atoms with E-state index < -0.39 is 23.1 Å². The highest BCUT2D eigenvalue weighted by atomic mass is 19.4. The van der Waals surface area contributed by atoms with Crippen LogP contribution in [0.15, 0.2) is 36.4 Å². The van der Waals surface area contributed by atoms with Crippen molar-refractivity contribution < 1.29 is 31.8 Å². The molecule has 0 saturated heterocycles. The number of methoxy groups -OCH3 is 1. The zero-order valence-corrected chi connectivity index (χ0v) is 11.3. The van der Waals surface area contributed by atoms with Crippen molar-refractivity contribution in [2.24, 2.45) is 0 Å². The van der Waals surface area contributed by atoms with Crippen molar-refractivity contribution in [2.45, 2.75) is 6.18 Å². The summed E-state index contributed by atoms with van der Waals surface area (Å²) in [7, 11) is 1.27. The number of carbonyl (C=O) groups is 1. The summed E-state index contributed by atoms with van der Waals surface area (Å²) in [5.41, 5.74) is -1.76. The van der Waals surface area contributed by atoms with Gasteiger partial charge in [-0.05, 0) is 24.3 Å². The summed E-state index contributed by atoms with van der Waals surface area (Å²) < 4.78 is 61.9. The molecule has 0 radical (unpaired) electrons. The average molecular weight is 314 g/mol. The summed E-state index contributed by atoms with van der Waals surface area (Å²) in [4.78, 5) is 11.0. The molecule has 0 aliphatic heterocycles. The van der Waals surface area contributed by atoms with Gasteiger partial charge in [0.1, 0.15) is 11.5 Å². The zero-order chi connectivity index (χ0) is 16.3. The molecule has 3 nitrogen and oxygen atoms in total. The molecule has 22 heavy (non-hydrogen) atoms. The third-order valence-corrected chi connectivity index (χ3v) is 2.84. The van der Waals surface area contributed by atoms with Gasteiger partial charge in [0.05, 0.1) is 18.2 Å². The molecule has 0 atom stereocenters. The maximum absolute atomic E-state index is 13.5. The van der Waals surface area contributed by atoms with Gasteiger partial charge in [-0.15, -0.1) is 0 Å². The molecule has 0 bridgehead atoms. The maximum atomic E-state index is 13.5. The minimum absolute atomic E-state index is 0.0352. The van der Waals surface area contributed by atoms with E-state index in [9.17, 15) is 22.4 Å². The van der Waals surface area contributed by atoms with Crippen LogP contribution in [0, 0.1) is 5.82 Å². The van der Waals surface area contributed by atoms with Crippen molar-refractivity contribution in [3.63, 3.8) is 0 Å². The minimum Gasteiger partial charge on any atom is -0.494 e. The van der Waals surface area contributed by atoms with Gasteiger partial charge in [-0.2, -0.15) is 13.2 Å². The predicted molar refractivity (Wildman–Crippen MR) is 69.9 cm³/mol. The lowest BCUT2D eigenvalue weighted by atomic mass is 10.1. The summed E-state index contributed by atoms with van der Waals surface area (Å²) in [6.45, 7) is 0. The number of ether oxygens (including phenoxy) is 2. The van der Waals surface area contributed by atoms with Crippen LogP contribution >= 0.6 is 0 Å². The Labute approximate surface area is 123 Å². The highest BCUT2D eigenvalue weighted by Crippen LogP contribution is 2.37. The van der Waals surface area contributed by atoms with Gasteiger partial charge in [0.2, 0.25) is 0 Å². The van der Waals surface area contributed by atoms with E-state index in [0.29, 0.717) is 0 Å². The van der Waals surface area contributed by atoms with Crippen molar-refractivity contribution in [1.82, 2.24) is 0 Å². The number of halogens is 4. The van der Waals surface area contributed by atoms with Gasteiger partial charge in [-0.25, -0.2) is 4.39 Å². The van der Waals surface area contributed by atoms with Gasteiger partial charge in [-0.3, -0.25) is 4.79 Å². The number of rotatable bonds is 4. The third kappa shape index (κ3) is 3.19. The number of benzene rings is 2. The first-order valence-electron chi connectivity index (χ1n) is 6.03. The highest BCUT2D eigenvalue weighted by molar-refractivity contribution is 5.82. The van der Waals surface area contributed by atoms with E-state index in [4.69, 9.17) is 9.47 Å². The van der Waals surface area contributed by atoms with Crippen molar-refractivity contribution in [2.75, 3.05) is 7.11 Å². The van der Waals surface area contributed by atoms with Crippen molar-refractivity contribution in [3.8, 4) is 17.2 Å². The molecule has 116 valence electrons. The molecule has 0 aliphatic rings. The number of hydrogen-bond acceptors (Lipinski definition) is 3. The monoisotopic (exact) mass is 314 g/mol. The number of aldehydes is 1. The first-order valence-corrected chi connectivity index (χ1v) is 6.03. The van der Waals surface area contributed by atoms with E-state index in [1.165, 1.54) is 25.3 Å². The fourth-order valence-corrected chi connectivity index (χ4v) is 1.84. The van der Waals surface area contributed by atoms with Gasteiger partial charge >= 0.3 is 6.18 Å². The fraction of sp³-hybridized carbons (Fsp3) is 0.133. The van der Waals surface area contributed by atoms with Crippen molar-refractivity contribution >= 4 is 6.29 Å². The molecule has 2 aromatic carbocycles. The lowest BCUT2D eigenvalue weighted by molar-refractivity contribution is -0.137. The molecule has 0 fully saturated rings. The van der Waals surface area contributed by atoms with E-state index in [1.54, 1.807) is 0 Å². The van der Waals surface area contributed by atoms with E-state index >= 15 is 0 Å². The second-order valence-corrected chi connectivity index (χ2v) is 4.23. The van der Waals surface area contributed by atoms with Crippen LogP contribution in [0.4, 0.5) is 17.6 Å². The predicted octanol–water partition coefficient (Wildman–Crippen LogP) is 4.46. The number of hydrogen-bond donors (Lipinski definition) is 0. The van der Waals surface area contributed by atoms with Crippen molar-refractivity contribution in [3.05, 3.63) is 53.3 Å². The first kappa shape index (κ1) is 15.8. The van der Waals surface area contributed by atoms with E-state index in [1.807, 2.05) is 0 Å². The lowest BCUT2D eigenvalue weighted by Gasteiger charge is -2.14. The van der Waals surface area contributed by atoms with Gasteiger partial charge in [-0.1, -0.05) is 6.07 Å². The molecule has 0 aliphatic carbocycles. The molecular formula is C15H10F4O3.